The minimum atomic E-state index is -0.388. The van der Waals surface area contributed by atoms with Gasteiger partial charge in [0.05, 0.1) is 6.10 Å². The van der Waals surface area contributed by atoms with Gasteiger partial charge in [0, 0.05) is 4.47 Å². The maximum atomic E-state index is 10.1. The Bertz CT molecular complexity index is 290. The summed E-state index contributed by atoms with van der Waals surface area (Å²) in [5, 5.41) is 10.1. The zero-order chi connectivity index (χ0) is 10.8. The van der Waals surface area contributed by atoms with E-state index in [0.29, 0.717) is 0 Å². The van der Waals surface area contributed by atoms with Crippen LogP contribution in [0.1, 0.15) is 38.9 Å². The van der Waals surface area contributed by atoms with Crippen molar-refractivity contribution in [2.24, 2.45) is 5.41 Å². The molecule has 0 fully saturated rings. The summed E-state index contributed by atoms with van der Waals surface area (Å²) in [5.74, 6) is 0. The van der Waals surface area contributed by atoms with Crippen LogP contribution >= 0.6 is 15.9 Å². The van der Waals surface area contributed by atoms with E-state index in [4.69, 9.17) is 0 Å². The zero-order valence-electron chi connectivity index (χ0n) is 8.92. The molecule has 0 aromatic heterocycles. The van der Waals surface area contributed by atoms with Gasteiger partial charge in [-0.15, -0.1) is 0 Å². The molecule has 0 aliphatic carbocycles. The Balaban J connectivity index is 2.89. The number of hydrogen-bond donors (Lipinski definition) is 1. The first-order valence-corrected chi connectivity index (χ1v) is 5.70. The van der Waals surface area contributed by atoms with Gasteiger partial charge in [0.15, 0.2) is 0 Å². The molecule has 14 heavy (non-hydrogen) atoms. The third kappa shape index (κ3) is 2.58. The molecule has 1 aromatic rings. The molecule has 1 rings (SSSR count). The molecule has 0 spiro atoms. The van der Waals surface area contributed by atoms with Crippen LogP contribution in [0.25, 0.3) is 0 Å². The van der Waals surface area contributed by atoms with Crippen LogP contribution in [0.5, 0.6) is 0 Å². The van der Waals surface area contributed by atoms with Crippen molar-refractivity contribution in [2.45, 2.75) is 33.3 Å². The van der Waals surface area contributed by atoms with Crippen LogP contribution in [0.4, 0.5) is 0 Å². The van der Waals surface area contributed by atoms with Gasteiger partial charge in [-0.3, -0.25) is 0 Å². The summed E-state index contributed by atoms with van der Waals surface area (Å²) in [7, 11) is 0. The number of aliphatic hydroxyl groups excluding tert-OH is 1. The second-order valence-corrected chi connectivity index (χ2v) is 5.21. The lowest BCUT2D eigenvalue weighted by Gasteiger charge is -2.29. The van der Waals surface area contributed by atoms with E-state index < -0.39 is 0 Å². The van der Waals surface area contributed by atoms with Crippen LogP contribution in [-0.2, 0) is 0 Å². The van der Waals surface area contributed by atoms with Crippen molar-refractivity contribution in [1.82, 2.24) is 0 Å². The summed E-state index contributed by atoms with van der Waals surface area (Å²) in [4.78, 5) is 0. The van der Waals surface area contributed by atoms with Gasteiger partial charge < -0.3 is 5.11 Å². The van der Waals surface area contributed by atoms with Gasteiger partial charge in [-0.25, -0.2) is 0 Å². The minimum Gasteiger partial charge on any atom is -0.388 e. The van der Waals surface area contributed by atoms with Crippen LogP contribution in [0.15, 0.2) is 28.7 Å². The normalized spacial score (nSPS) is 14.1. The number of halogens is 1. The molecule has 0 heterocycles. The van der Waals surface area contributed by atoms with Crippen molar-refractivity contribution in [1.29, 1.82) is 0 Å². The number of aliphatic hydroxyl groups is 1. The summed E-state index contributed by atoms with van der Waals surface area (Å²) >= 11 is 3.38. The van der Waals surface area contributed by atoms with Crippen LogP contribution in [0, 0.1) is 5.41 Å². The van der Waals surface area contributed by atoms with E-state index in [2.05, 4.69) is 36.7 Å². The third-order valence-corrected chi connectivity index (χ3v) is 3.37. The average Bonchev–Trinajstić information content (AvgIpc) is 2.18. The van der Waals surface area contributed by atoms with E-state index in [1.54, 1.807) is 0 Å². The highest BCUT2D eigenvalue weighted by atomic mass is 79.9. The van der Waals surface area contributed by atoms with Crippen LogP contribution in [-0.4, -0.2) is 5.11 Å². The Morgan fingerprint density at radius 3 is 2.21 bits per heavy atom. The van der Waals surface area contributed by atoms with Gasteiger partial charge in [-0.1, -0.05) is 48.8 Å². The molecule has 0 radical (unpaired) electrons. The van der Waals surface area contributed by atoms with E-state index in [-0.39, 0.29) is 11.5 Å². The number of hydrogen-bond acceptors (Lipinski definition) is 1. The molecule has 1 atom stereocenters. The summed E-state index contributed by atoms with van der Waals surface area (Å²) in [5.41, 5.74) is 0.924. The molecule has 2 heteroatoms. The van der Waals surface area contributed by atoms with E-state index in [0.717, 1.165) is 16.5 Å². The Hall–Kier alpha value is -0.340. The van der Waals surface area contributed by atoms with Gasteiger partial charge in [-0.2, -0.15) is 0 Å². The van der Waals surface area contributed by atoms with Crippen molar-refractivity contribution in [3.63, 3.8) is 0 Å². The molecular formula is C12H17BrO. The first-order chi connectivity index (χ1) is 6.47. The smallest absolute Gasteiger partial charge is 0.0840 e. The summed E-state index contributed by atoms with van der Waals surface area (Å²) in [6.07, 6.45) is 0.574. The van der Waals surface area contributed by atoms with Crippen molar-refractivity contribution >= 4 is 15.9 Å². The molecular weight excluding hydrogens is 240 g/mol. The predicted octanol–water partition coefficient (Wildman–Crippen LogP) is 3.92. The molecule has 0 bridgehead atoms. The Kier molecular flexibility index (Phi) is 3.73. The molecule has 1 nitrogen and oxygen atoms in total. The summed E-state index contributed by atoms with van der Waals surface area (Å²) < 4.78 is 1.04. The quantitative estimate of drug-likeness (QED) is 0.870. The number of benzene rings is 1. The van der Waals surface area contributed by atoms with E-state index in [1.807, 2.05) is 24.3 Å². The second kappa shape index (κ2) is 4.45. The Morgan fingerprint density at radius 1 is 1.29 bits per heavy atom. The topological polar surface area (TPSA) is 20.2 Å². The average molecular weight is 257 g/mol. The fourth-order valence-electron chi connectivity index (χ4n) is 1.29. The lowest BCUT2D eigenvalue weighted by atomic mass is 9.80. The van der Waals surface area contributed by atoms with Crippen molar-refractivity contribution in [3.8, 4) is 0 Å². The Morgan fingerprint density at radius 2 is 1.79 bits per heavy atom. The van der Waals surface area contributed by atoms with Gasteiger partial charge in [0.2, 0.25) is 0 Å². The van der Waals surface area contributed by atoms with Crippen LogP contribution in [0.2, 0.25) is 0 Å². The van der Waals surface area contributed by atoms with E-state index in [1.165, 1.54) is 0 Å². The van der Waals surface area contributed by atoms with Crippen molar-refractivity contribution < 1.29 is 5.11 Å². The minimum absolute atomic E-state index is 0.0617. The van der Waals surface area contributed by atoms with Crippen LogP contribution in [0.3, 0.4) is 0 Å². The summed E-state index contributed by atoms with van der Waals surface area (Å²) in [6.45, 7) is 6.27. The van der Waals surface area contributed by atoms with Crippen molar-refractivity contribution in [3.05, 3.63) is 34.3 Å². The van der Waals surface area contributed by atoms with Crippen molar-refractivity contribution in [2.75, 3.05) is 0 Å². The molecule has 0 aliphatic rings. The molecule has 1 unspecified atom stereocenters. The standard InChI is InChI=1S/C12H17BrO/c1-4-12(2,3)11(14)9-5-7-10(13)8-6-9/h5-8,11,14H,4H2,1-3H3. The molecule has 0 aliphatic heterocycles. The zero-order valence-corrected chi connectivity index (χ0v) is 10.5. The Labute approximate surface area is 94.3 Å². The summed E-state index contributed by atoms with van der Waals surface area (Å²) in [6, 6.07) is 7.85. The molecule has 1 aromatic carbocycles. The van der Waals surface area contributed by atoms with E-state index in [9.17, 15) is 5.11 Å². The lowest BCUT2D eigenvalue weighted by Crippen LogP contribution is -2.20. The predicted molar refractivity (Wildman–Crippen MR) is 63.2 cm³/mol. The molecule has 78 valence electrons. The second-order valence-electron chi connectivity index (χ2n) is 4.30. The highest BCUT2D eigenvalue weighted by molar-refractivity contribution is 9.10. The SMILES string of the molecule is CCC(C)(C)C(O)c1ccc(Br)cc1. The number of rotatable bonds is 3. The molecule has 0 amide bonds. The first kappa shape index (κ1) is 11.7. The highest BCUT2D eigenvalue weighted by Gasteiger charge is 2.26. The van der Waals surface area contributed by atoms with Gasteiger partial charge >= 0.3 is 0 Å². The highest BCUT2D eigenvalue weighted by Crippen LogP contribution is 2.36. The monoisotopic (exact) mass is 256 g/mol. The third-order valence-electron chi connectivity index (χ3n) is 2.84. The van der Waals surface area contributed by atoms with Gasteiger partial charge in [0.25, 0.3) is 0 Å². The molecule has 0 saturated heterocycles. The fraction of sp³-hybridized carbons (Fsp3) is 0.500. The largest absolute Gasteiger partial charge is 0.388 e. The maximum absolute atomic E-state index is 10.1. The maximum Gasteiger partial charge on any atom is 0.0840 e. The molecule has 1 N–H and O–H groups in total. The van der Waals surface area contributed by atoms with Gasteiger partial charge in [-0.05, 0) is 29.5 Å². The fourth-order valence-corrected chi connectivity index (χ4v) is 1.55. The first-order valence-electron chi connectivity index (χ1n) is 4.91. The lowest BCUT2D eigenvalue weighted by molar-refractivity contribution is 0.0465. The van der Waals surface area contributed by atoms with E-state index >= 15 is 0 Å². The van der Waals surface area contributed by atoms with Gasteiger partial charge in [0.1, 0.15) is 0 Å². The molecule has 0 saturated carbocycles. The van der Waals surface area contributed by atoms with Crippen LogP contribution < -0.4 is 0 Å².